The Balaban J connectivity index is 5.02. The molecule has 0 bridgehead atoms. The predicted molar refractivity (Wildman–Crippen MR) is 98.9 cm³/mol. The van der Waals surface area contributed by atoms with E-state index in [0.29, 0.717) is 0 Å². The van der Waals surface area contributed by atoms with Crippen LogP contribution in [0.3, 0.4) is 0 Å². The maximum Gasteiger partial charge on any atom is 0.326 e. The molecule has 154 valence electrons. The highest BCUT2D eigenvalue weighted by atomic mass is 32.1. The largest absolute Gasteiger partial charge is 0.480 e. The SMILES string of the molecule is CCC(=O)N(CC(=O)OC(C)C)C(=O)C(CS)NC(=O)CCC(N)C(=O)O. The third-order valence-electron chi connectivity index (χ3n) is 3.34. The fraction of sp³-hybridized carbons (Fsp3) is 0.688. The van der Waals surface area contributed by atoms with Gasteiger partial charge in [0.2, 0.25) is 11.8 Å². The van der Waals surface area contributed by atoms with Gasteiger partial charge in [0.25, 0.3) is 5.91 Å². The molecule has 0 aromatic carbocycles. The normalized spacial score (nSPS) is 12.8. The van der Waals surface area contributed by atoms with E-state index in [1.54, 1.807) is 13.8 Å². The molecule has 2 unspecified atom stereocenters. The summed E-state index contributed by atoms with van der Waals surface area (Å²) in [6.45, 7) is 4.21. The number of hydrogen-bond donors (Lipinski definition) is 4. The van der Waals surface area contributed by atoms with Crippen LogP contribution < -0.4 is 11.1 Å². The topological polar surface area (TPSA) is 156 Å². The van der Waals surface area contributed by atoms with Gasteiger partial charge in [0.05, 0.1) is 6.10 Å². The number of carboxylic acids is 1. The fourth-order valence-corrected chi connectivity index (χ4v) is 2.21. The van der Waals surface area contributed by atoms with Gasteiger partial charge in [-0.1, -0.05) is 6.92 Å². The highest BCUT2D eigenvalue weighted by Crippen LogP contribution is 2.05. The number of carbonyl (C=O) groups excluding carboxylic acids is 4. The van der Waals surface area contributed by atoms with Crippen LogP contribution in [-0.2, 0) is 28.7 Å². The van der Waals surface area contributed by atoms with Crippen LogP contribution in [0.1, 0.15) is 40.0 Å². The number of hydrogen-bond acceptors (Lipinski definition) is 8. The van der Waals surface area contributed by atoms with E-state index in [-0.39, 0.29) is 25.0 Å². The zero-order valence-corrected chi connectivity index (χ0v) is 16.5. The van der Waals surface area contributed by atoms with Gasteiger partial charge in [-0.15, -0.1) is 0 Å². The Morgan fingerprint density at radius 3 is 2.26 bits per heavy atom. The van der Waals surface area contributed by atoms with Crippen LogP contribution in [0, 0.1) is 0 Å². The lowest BCUT2D eigenvalue weighted by atomic mass is 10.1. The van der Waals surface area contributed by atoms with Gasteiger partial charge in [-0.05, 0) is 20.3 Å². The van der Waals surface area contributed by atoms with Crippen LogP contribution in [0.4, 0.5) is 0 Å². The number of ether oxygens (including phenoxy) is 1. The smallest absolute Gasteiger partial charge is 0.326 e. The minimum absolute atomic E-state index is 0.0264. The van der Waals surface area contributed by atoms with Crippen molar-refractivity contribution < 1.29 is 33.8 Å². The molecule has 0 radical (unpaired) electrons. The Bertz CT molecular complexity index is 568. The molecular formula is C16H27N3O7S. The number of esters is 1. The number of carboxylic acid groups (broad SMARTS) is 1. The first-order chi connectivity index (χ1) is 12.5. The van der Waals surface area contributed by atoms with E-state index in [4.69, 9.17) is 15.6 Å². The molecule has 0 rings (SSSR count). The van der Waals surface area contributed by atoms with Gasteiger partial charge in [-0.3, -0.25) is 28.9 Å². The number of thiol groups is 1. The first-order valence-corrected chi connectivity index (χ1v) is 9.08. The lowest BCUT2D eigenvalue weighted by Gasteiger charge is -2.25. The zero-order valence-electron chi connectivity index (χ0n) is 15.6. The maximum atomic E-state index is 12.6. The Morgan fingerprint density at radius 2 is 1.81 bits per heavy atom. The molecule has 0 fully saturated rings. The fourth-order valence-electron chi connectivity index (χ4n) is 1.96. The molecule has 0 aliphatic carbocycles. The van der Waals surface area contributed by atoms with Crippen LogP contribution in [0.25, 0.3) is 0 Å². The summed E-state index contributed by atoms with van der Waals surface area (Å²) in [6, 6.07) is -2.37. The predicted octanol–water partition coefficient (Wildman–Crippen LogP) is -0.690. The lowest BCUT2D eigenvalue weighted by molar-refractivity contribution is -0.158. The third-order valence-corrected chi connectivity index (χ3v) is 3.70. The minimum atomic E-state index is -1.24. The molecule has 10 nitrogen and oxygen atoms in total. The average molecular weight is 405 g/mol. The third kappa shape index (κ3) is 9.38. The van der Waals surface area contributed by atoms with Gasteiger partial charge in [0.1, 0.15) is 18.6 Å². The monoisotopic (exact) mass is 405 g/mol. The minimum Gasteiger partial charge on any atom is -0.480 e. The summed E-state index contributed by atoms with van der Waals surface area (Å²) < 4.78 is 4.95. The molecule has 0 aliphatic rings. The maximum absolute atomic E-state index is 12.6. The van der Waals surface area contributed by atoms with Crippen molar-refractivity contribution in [1.29, 1.82) is 0 Å². The summed E-state index contributed by atoms with van der Waals surface area (Å²) in [4.78, 5) is 59.8. The van der Waals surface area contributed by atoms with Crippen molar-refractivity contribution in [3.05, 3.63) is 0 Å². The van der Waals surface area contributed by atoms with E-state index in [9.17, 15) is 24.0 Å². The van der Waals surface area contributed by atoms with Gasteiger partial charge in [-0.25, -0.2) is 0 Å². The van der Waals surface area contributed by atoms with Gasteiger partial charge < -0.3 is 20.9 Å². The molecule has 0 saturated carbocycles. The summed E-state index contributed by atoms with van der Waals surface area (Å²) in [5.74, 6) is -4.14. The highest BCUT2D eigenvalue weighted by Gasteiger charge is 2.30. The van der Waals surface area contributed by atoms with Crippen molar-refractivity contribution in [3.63, 3.8) is 0 Å². The van der Waals surface area contributed by atoms with Gasteiger partial charge in [-0.2, -0.15) is 12.6 Å². The quantitative estimate of drug-likeness (QED) is 0.260. The molecule has 0 heterocycles. The standard InChI is InChI=1S/C16H27N3O7S/c1-4-13(21)19(7-14(22)26-9(2)3)15(23)11(8-27)18-12(20)6-5-10(17)16(24)25/h9-11,27H,4-8,17H2,1-3H3,(H,18,20)(H,24,25). The second kappa shape index (κ2) is 12.3. The molecule has 0 aromatic heterocycles. The number of imide groups is 1. The number of nitrogens with zero attached hydrogens (tertiary/aromatic N) is 1. The lowest BCUT2D eigenvalue weighted by Crippen LogP contribution is -2.53. The van der Waals surface area contributed by atoms with Crippen LogP contribution in [0.15, 0.2) is 0 Å². The van der Waals surface area contributed by atoms with E-state index >= 15 is 0 Å². The van der Waals surface area contributed by atoms with Crippen molar-refractivity contribution in [1.82, 2.24) is 10.2 Å². The van der Waals surface area contributed by atoms with Crippen molar-refractivity contribution in [3.8, 4) is 0 Å². The summed E-state index contributed by atoms with van der Waals surface area (Å²) in [5.41, 5.74) is 5.32. The van der Waals surface area contributed by atoms with Crippen LogP contribution in [0.2, 0.25) is 0 Å². The second-order valence-electron chi connectivity index (χ2n) is 6.00. The molecule has 11 heteroatoms. The van der Waals surface area contributed by atoms with Crippen molar-refractivity contribution in [2.45, 2.75) is 58.2 Å². The number of nitrogens with one attached hydrogen (secondary N) is 1. The molecular weight excluding hydrogens is 378 g/mol. The van der Waals surface area contributed by atoms with Crippen LogP contribution in [-0.4, -0.2) is 70.2 Å². The molecule has 4 N–H and O–H groups in total. The highest BCUT2D eigenvalue weighted by molar-refractivity contribution is 7.80. The molecule has 27 heavy (non-hydrogen) atoms. The molecule has 0 spiro atoms. The summed E-state index contributed by atoms with van der Waals surface area (Å²) in [7, 11) is 0. The van der Waals surface area contributed by atoms with E-state index in [1.807, 2.05) is 0 Å². The molecule has 3 amide bonds. The summed E-state index contributed by atoms with van der Waals surface area (Å²) >= 11 is 4.00. The van der Waals surface area contributed by atoms with Crippen molar-refractivity contribution >= 4 is 42.3 Å². The molecule has 0 aromatic rings. The Hall–Kier alpha value is -2.14. The van der Waals surface area contributed by atoms with Crippen molar-refractivity contribution in [2.75, 3.05) is 12.3 Å². The van der Waals surface area contributed by atoms with Gasteiger partial charge in [0.15, 0.2) is 0 Å². The van der Waals surface area contributed by atoms with Crippen LogP contribution >= 0.6 is 12.6 Å². The number of aliphatic carboxylic acids is 1. The Kier molecular flexibility index (Phi) is 11.3. The first-order valence-electron chi connectivity index (χ1n) is 8.45. The number of amides is 3. The molecule has 2 atom stereocenters. The average Bonchev–Trinajstić information content (AvgIpc) is 2.60. The number of rotatable bonds is 11. The van der Waals surface area contributed by atoms with Gasteiger partial charge in [0, 0.05) is 18.6 Å². The molecule has 0 aliphatic heterocycles. The number of nitrogens with two attached hydrogens (primary N) is 1. The second-order valence-corrected chi connectivity index (χ2v) is 6.36. The molecule has 0 saturated heterocycles. The summed E-state index contributed by atoms with van der Waals surface area (Å²) in [6.07, 6.45) is -0.777. The van der Waals surface area contributed by atoms with Crippen LogP contribution in [0.5, 0.6) is 0 Å². The van der Waals surface area contributed by atoms with E-state index < -0.39 is 54.4 Å². The Morgan fingerprint density at radius 1 is 1.22 bits per heavy atom. The Labute approximate surface area is 163 Å². The van der Waals surface area contributed by atoms with E-state index in [1.165, 1.54) is 6.92 Å². The van der Waals surface area contributed by atoms with Crippen molar-refractivity contribution in [2.24, 2.45) is 5.73 Å². The first kappa shape index (κ1) is 24.9. The van der Waals surface area contributed by atoms with E-state index in [2.05, 4.69) is 17.9 Å². The van der Waals surface area contributed by atoms with E-state index in [0.717, 1.165) is 4.90 Å². The van der Waals surface area contributed by atoms with Gasteiger partial charge >= 0.3 is 11.9 Å². The zero-order chi connectivity index (χ0) is 21.1. The number of carbonyl (C=O) groups is 5. The summed E-state index contributed by atoms with van der Waals surface area (Å²) in [5, 5.41) is 11.1.